The van der Waals surface area contributed by atoms with Crippen molar-refractivity contribution in [3.8, 4) is 0 Å². The summed E-state index contributed by atoms with van der Waals surface area (Å²) in [6.07, 6.45) is 2.08. The van der Waals surface area contributed by atoms with Crippen LogP contribution in [-0.4, -0.2) is 34.9 Å². The summed E-state index contributed by atoms with van der Waals surface area (Å²) >= 11 is 0. The second-order valence-electron chi connectivity index (χ2n) is 7.95. The summed E-state index contributed by atoms with van der Waals surface area (Å²) < 4.78 is 0. The minimum atomic E-state index is -0.885. The maximum Gasteiger partial charge on any atom is 0.258 e. The van der Waals surface area contributed by atoms with Gasteiger partial charge in [0, 0.05) is 25.2 Å². The van der Waals surface area contributed by atoms with Crippen molar-refractivity contribution in [2.45, 2.75) is 39.0 Å². The maximum atomic E-state index is 12.9. The summed E-state index contributed by atoms with van der Waals surface area (Å²) in [5.74, 6) is -0.458. The number of piperidine rings is 1. The number of nitrogens with zero attached hydrogens (tertiary/aromatic N) is 2. The lowest BCUT2D eigenvalue weighted by atomic mass is 9.92. The number of H-pyrrole nitrogens is 1. The van der Waals surface area contributed by atoms with Gasteiger partial charge in [0.15, 0.2) is 0 Å². The highest BCUT2D eigenvalue weighted by Crippen LogP contribution is 2.31. The van der Waals surface area contributed by atoms with E-state index in [4.69, 9.17) is 0 Å². The molecule has 0 bridgehead atoms. The summed E-state index contributed by atoms with van der Waals surface area (Å²) in [5, 5.41) is 5.52. The number of hydrogen-bond acceptors (Lipinski definition) is 5. The fourth-order valence-corrected chi connectivity index (χ4v) is 4.05. The van der Waals surface area contributed by atoms with E-state index in [1.807, 2.05) is 30.0 Å². The molecule has 4 rings (SSSR count). The summed E-state index contributed by atoms with van der Waals surface area (Å²) in [6.45, 7) is 5.65. The van der Waals surface area contributed by atoms with Crippen molar-refractivity contribution in [1.82, 2.24) is 9.97 Å². The van der Waals surface area contributed by atoms with Crippen LogP contribution >= 0.6 is 0 Å². The molecule has 29 heavy (non-hydrogen) atoms. The van der Waals surface area contributed by atoms with Crippen molar-refractivity contribution in [1.29, 1.82) is 0 Å². The van der Waals surface area contributed by atoms with Crippen LogP contribution in [0.3, 0.4) is 0 Å². The number of carbonyl (C=O) groups is 2. The van der Waals surface area contributed by atoms with Crippen LogP contribution in [0.25, 0.3) is 0 Å². The number of amides is 2. The van der Waals surface area contributed by atoms with Gasteiger partial charge in [-0.2, -0.15) is 4.98 Å². The second kappa shape index (κ2) is 7.69. The van der Waals surface area contributed by atoms with Crippen molar-refractivity contribution in [2.75, 3.05) is 28.6 Å². The summed E-state index contributed by atoms with van der Waals surface area (Å²) in [7, 11) is 0. The Labute approximate surface area is 168 Å². The van der Waals surface area contributed by atoms with Crippen molar-refractivity contribution in [3.63, 3.8) is 0 Å². The average molecular weight is 395 g/mol. The molecule has 2 aliphatic heterocycles. The molecule has 1 fully saturated rings. The van der Waals surface area contributed by atoms with Gasteiger partial charge in [0.2, 0.25) is 17.8 Å². The van der Waals surface area contributed by atoms with Gasteiger partial charge in [0.1, 0.15) is 5.82 Å². The first-order valence-electron chi connectivity index (χ1n) is 9.98. The van der Waals surface area contributed by atoms with E-state index < -0.39 is 5.92 Å². The number of nitrogens with one attached hydrogen (secondary N) is 3. The number of rotatable bonds is 3. The number of para-hydroxylation sites is 1. The number of benzene rings is 1. The molecule has 2 aromatic rings. The number of carbonyl (C=O) groups excluding carboxylic acids is 2. The maximum absolute atomic E-state index is 12.9. The van der Waals surface area contributed by atoms with Gasteiger partial charge in [-0.05, 0) is 37.3 Å². The molecule has 2 atom stereocenters. The first-order valence-corrected chi connectivity index (χ1v) is 9.98. The molecule has 3 heterocycles. The Hall–Kier alpha value is -3.16. The Morgan fingerprint density at radius 3 is 2.83 bits per heavy atom. The zero-order valence-electron chi connectivity index (χ0n) is 16.6. The molecule has 3 N–H and O–H groups in total. The van der Waals surface area contributed by atoms with E-state index in [0.29, 0.717) is 17.6 Å². The van der Waals surface area contributed by atoms with Crippen molar-refractivity contribution >= 4 is 29.3 Å². The topological polar surface area (TPSA) is 107 Å². The van der Waals surface area contributed by atoms with Crippen LogP contribution in [0.4, 0.5) is 17.5 Å². The lowest BCUT2D eigenvalue weighted by molar-refractivity contribution is -0.123. The zero-order valence-corrected chi connectivity index (χ0v) is 16.6. The molecule has 8 nitrogen and oxygen atoms in total. The molecule has 2 amide bonds. The van der Waals surface area contributed by atoms with Crippen LogP contribution in [0.2, 0.25) is 0 Å². The minimum Gasteiger partial charge on any atom is -0.342 e. The fourth-order valence-electron chi connectivity index (χ4n) is 4.05. The van der Waals surface area contributed by atoms with Gasteiger partial charge in [-0.3, -0.25) is 19.4 Å². The third-order valence-electron chi connectivity index (χ3n) is 5.61. The molecule has 0 unspecified atom stereocenters. The Morgan fingerprint density at radius 2 is 2.07 bits per heavy atom. The molecule has 8 heteroatoms. The number of hydrogen-bond donors (Lipinski definition) is 3. The van der Waals surface area contributed by atoms with Gasteiger partial charge < -0.3 is 15.5 Å². The van der Waals surface area contributed by atoms with Crippen molar-refractivity contribution in [3.05, 3.63) is 45.7 Å². The van der Waals surface area contributed by atoms with Crippen LogP contribution in [-0.2, 0) is 9.59 Å². The SMILES string of the molecule is Cc1ccccc1NC(=O)[C@H]1CC(=O)Nc2nc(N3CCC[C@@H](C)C3)[nH]c(=O)c21. The lowest BCUT2D eigenvalue weighted by Gasteiger charge is -2.32. The van der Waals surface area contributed by atoms with Crippen LogP contribution in [0.5, 0.6) is 0 Å². The summed E-state index contributed by atoms with van der Waals surface area (Å²) in [6, 6.07) is 7.38. The standard InChI is InChI=1S/C21H25N5O3/c1-12-6-5-9-26(11-12)21-24-18-17(20(29)25-21)14(10-16(27)23-18)19(28)22-15-8-4-3-7-13(15)2/h3-4,7-8,12,14H,5-6,9-11H2,1-2H3,(H,22,28)(H2,23,24,25,27,29)/t12-,14+/m1/s1. The van der Waals surface area contributed by atoms with Crippen LogP contribution in [0.15, 0.2) is 29.1 Å². The van der Waals surface area contributed by atoms with Crippen LogP contribution in [0, 0.1) is 12.8 Å². The van der Waals surface area contributed by atoms with Gasteiger partial charge >= 0.3 is 0 Å². The van der Waals surface area contributed by atoms with E-state index in [1.54, 1.807) is 6.07 Å². The third-order valence-corrected chi connectivity index (χ3v) is 5.61. The largest absolute Gasteiger partial charge is 0.342 e. The van der Waals surface area contributed by atoms with E-state index in [9.17, 15) is 14.4 Å². The number of aromatic nitrogens is 2. The van der Waals surface area contributed by atoms with E-state index in [1.165, 1.54) is 0 Å². The van der Waals surface area contributed by atoms with E-state index >= 15 is 0 Å². The fraction of sp³-hybridized carbons (Fsp3) is 0.429. The van der Waals surface area contributed by atoms with Gasteiger partial charge in [-0.1, -0.05) is 25.1 Å². The molecular weight excluding hydrogens is 370 g/mol. The first-order chi connectivity index (χ1) is 13.9. The highest BCUT2D eigenvalue weighted by molar-refractivity contribution is 6.04. The Kier molecular flexibility index (Phi) is 5.08. The van der Waals surface area contributed by atoms with Gasteiger partial charge in [0.05, 0.1) is 11.5 Å². The predicted octanol–water partition coefficient (Wildman–Crippen LogP) is 2.38. The number of aromatic amines is 1. The Balaban J connectivity index is 1.66. The molecule has 1 aromatic carbocycles. The highest BCUT2D eigenvalue weighted by atomic mass is 16.2. The number of aryl methyl sites for hydroxylation is 1. The van der Waals surface area contributed by atoms with E-state index in [2.05, 4.69) is 27.5 Å². The third kappa shape index (κ3) is 3.87. The van der Waals surface area contributed by atoms with Gasteiger partial charge in [-0.15, -0.1) is 0 Å². The van der Waals surface area contributed by atoms with Gasteiger partial charge in [-0.25, -0.2) is 0 Å². The summed E-state index contributed by atoms with van der Waals surface area (Å²) in [5.41, 5.74) is 1.40. The summed E-state index contributed by atoms with van der Waals surface area (Å²) in [4.78, 5) is 47.4. The van der Waals surface area contributed by atoms with E-state index in [-0.39, 0.29) is 35.2 Å². The molecular formula is C21H25N5O3. The monoisotopic (exact) mass is 395 g/mol. The molecule has 0 radical (unpaired) electrons. The molecule has 152 valence electrons. The molecule has 1 aromatic heterocycles. The van der Waals surface area contributed by atoms with E-state index in [0.717, 1.165) is 31.5 Å². The zero-order chi connectivity index (χ0) is 20.5. The van der Waals surface area contributed by atoms with Gasteiger partial charge in [0.25, 0.3) is 5.56 Å². The quantitative estimate of drug-likeness (QED) is 0.740. The average Bonchev–Trinajstić information content (AvgIpc) is 2.68. The normalized spacial score (nSPS) is 21.3. The number of fused-ring (bicyclic) bond motifs is 1. The second-order valence-corrected chi connectivity index (χ2v) is 7.95. The molecule has 0 saturated carbocycles. The molecule has 2 aliphatic rings. The van der Waals surface area contributed by atoms with Crippen molar-refractivity contribution < 1.29 is 9.59 Å². The minimum absolute atomic E-state index is 0.0877. The number of anilines is 3. The first kappa shape index (κ1) is 19.2. The highest BCUT2D eigenvalue weighted by Gasteiger charge is 2.35. The van der Waals surface area contributed by atoms with Crippen molar-refractivity contribution in [2.24, 2.45) is 5.92 Å². The molecule has 1 saturated heterocycles. The smallest absolute Gasteiger partial charge is 0.258 e. The van der Waals surface area contributed by atoms with Crippen LogP contribution in [0.1, 0.15) is 43.2 Å². The van der Waals surface area contributed by atoms with Crippen LogP contribution < -0.4 is 21.1 Å². The predicted molar refractivity (Wildman–Crippen MR) is 111 cm³/mol. The lowest BCUT2D eigenvalue weighted by Crippen LogP contribution is -2.40. The Morgan fingerprint density at radius 1 is 1.28 bits per heavy atom. The molecule has 0 spiro atoms. The molecule has 0 aliphatic carbocycles. The Bertz CT molecular complexity index is 1020.